The van der Waals surface area contributed by atoms with Crippen LogP contribution in [0.3, 0.4) is 0 Å². The van der Waals surface area contributed by atoms with Crippen molar-refractivity contribution in [3.63, 3.8) is 0 Å². The van der Waals surface area contributed by atoms with Crippen molar-refractivity contribution in [3.05, 3.63) is 48.6 Å². The summed E-state index contributed by atoms with van der Waals surface area (Å²) in [7, 11) is 0. The second kappa shape index (κ2) is 52.6. The zero-order valence-corrected chi connectivity index (χ0v) is 42.5. The Bertz CT molecular complexity index is 996. The topological polar surface area (TPSA) is 113 Å². The maximum atomic E-state index is 12.6. The number of hydrogen-bond donors (Lipinski definition) is 1. The number of hydrogen-bond acceptors (Lipinski definition) is 10. The van der Waals surface area contributed by atoms with E-state index in [1.165, 1.54) is 0 Å². The molecule has 0 atom stereocenters. The molecule has 0 amide bonds. The van der Waals surface area contributed by atoms with Gasteiger partial charge in [-0.25, -0.2) is 0 Å². The van der Waals surface area contributed by atoms with E-state index in [0.29, 0.717) is 65.3 Å². The lowest BCUT2D eigenvalue weighted by atomic mass is 10.1. The van der Waals surface area contributed by atoms with E-state index in [1.807, 2.05) is 0 Å². The number of ether oxygens (including phenoxy) is 6. The molecule has 0 aliphatic rings. The summed E-state index contributed by atoms with van der Waals surface area (Å²) in [6, 6.07) is 0. The van der Waals surface area contributed by atoms with Crippen molar-refractivity contribution in [2.24, 2.45) is 0 Å². The number of allylic oxidation sites excluding steroid dienone is 8. The van der Waals surface area contributed by atoms with Crippen LogP contribution in [0.25, 0.3) is 0 Å². The van der Waals surface area contributed by atoms with Crippen LogP contribution in [0, 0.1) is 0 Å². The molecule has 0 spiro atoms. The highest BCUT2D eigenvalue weighted by atomic mass is 16.7. The molecule has 0 heterocycles. The lowest BCUT2D eigenvalue weighted by Crippen LogP contribution is -2.28. The first-order valence-corrected chi connectivity index (χ1v) is 26.7. The van der Waals surface area contributed by atoms with E-state index >= 15 is 0 Å². The van der Waals surface area contributed by atoms with Crippen LogP contribution in [0.4, 0.5) is 0 Å². The van der Waals surface area contributed by atoms with Crippen molar-refractivity contribution in [2.45, 2.75) is 226 Å². The lowest BCUT2D eigenvalue weighted by Gasteiger charge is -2.22. The number of unbranched alkanes of at least 4 members (excludes halogenated alkanes) is 14. The minimum absolute atomic E-state index is 0.182. The first-order valence-electron chi connectivity index (χ1n) is 26.7. The van der Waals surface area contributed by atoms with E-state index in [-0.39, 0.29) is 31.1 Å². The van der Waals surface area contributed by atoms with Gasteiger partial charge in [-0.1, -0.05) is 102 Å². The molecule has 10 heteroatoms. The smallest absolute Gasteiger partial charge is 0.305 e. The Morgan fingerprint density at radius 3 is 1.03 bits per heavy atom. The summed E-state index contributed by atoms with van der Waals surface area (Å²) in [5.74, 6) is -0.363. The number of aliphatic hydroxyl groups is 1. The standard InChI is InChI=1S/C55H101NO9/c1-5-9-13-17-23-33-48-62-54(63-49-34-24-18-14-10-6-2)40-38-52(58)60-46-31-27-21-29-42-56(44-37-45-57)43-30-22-28-32-47-61-53(59)39-41-55(64-50-35-25-19-15-11-7-3)65-51-36-26-20-16-12-8-4/h9-16,54-55,57H,5-8,17-51H2,1-4H3/b13-9-,14-10-,15-11-,16-12-. The summed E-state index contributed by atoms with van der Waals surface area (Å²) in [5, 5.41) is 9.46. The predicted molar refractivity (Wildman–Crippen MR) is 270 cm³/mol. The van der Waals surface area contributed by atoms with E-state index in [2.05, 4.69) is 81.2 Å². The molecule has 0 bridgehead atoms. The van der Waals surface area contributed by atoms with E-state index in [9.17, 15) is 14.7 Å². The quantitative estimate of drug-likeness (QED) is 0.0274. The molecule has 0 saturated carbocycles. The molecule has 0 aromatic carbocycles. The Morgan fingerprint density at radius 1 is 0.400 bits per heavy atom. The number of carbonyl (C=O) groups is 2. The molecular weight excluding hydrogens is 819 g/mol. The Morgan fingerprint density at radius 2 is 0.708 bits per heavy atom. The Kier molecular flexibility index (Phi) is 50.7. The number of aliphatic hydroxyl groups excluding tert-OH is 1. The molecule has 380 valence electrons. The van der Waals surface area contributed by atoms with Gasteiger partial charge in [-0.3, -0.25) is 9.59 Å². The highest BCUT2D eigenvalue weighted by molar-refractivity contribution is 5.69. The van der Waals surface area contributed by atoms with Crippen LogP contribution in [-0.4, -0.2) is 100 Å². The second-order valence-corrected chi connectivity index (χ2v) is 17.1. The molecule has 10 nitrogen and oxygen atoms in total. The summed E-state index contributed by atoms with van der Waals surface area (Å²) in [6.07, 6.45) is 44.3. The summed E-state index contributed by atoms with van der Waals surface area (Å²) in [6.45, 7) is 15.2. The van der Waals surface area contributed by atoms with E-state index in [0.717, 1.165) is 180 Å². The lowest BCUT2D eigenvalue weighted by molar-refractivity contribution is -0.159. The Hall–Kier alpha value is -2.34. The Labute approximate surface area is 399 Å². The number of esters is 2. The summed E-state index contributed by atoms with van der Waals surface area (Å²) < 4.78 is 35.4. The fourth-order valence-electron chi connectivity index (χ4n) is 7.08. The minimum atomic E-state index is -0.370. The van der Waals surface area contributed by atoms with Gasteiger partial charge in [0, 0.05) is 52.4 Å². The number of rotatable bonds is 51. The van der Waals surface area contributed by atoms with Crippen LogP contribution in [0.15, 0.2) is 48.6 Å². The fraction of sp³-hybridized carbons (Fsp3) is 0.818. The number of nitrogens with zero attached hydrogens (tertiary/aromatic N) is 1. The van der Waals surface area contributed by atoms with Gasteiger partial charge in [-0.2, -0.15) is 0 Å². The minimum Gasteiger partial charge on any atom is -0.466 e. The SMILES string of the molecule is CC/C=C\CCCCOC(CCC(=O)OCCCCCCN(CCCO)CCCCCCOC(=O)CCC(OCCCC/C=C\CC)OCCCC/C=C\CC)OCCCC/C=C\CC. The van der Waals surface area contributed by atoms with Crippen LogP contribution in [0.2, 0.25) is 0 Å². The van der Waals surface area contributed by atoms with Crippen LogP contribution < -0.4 is 0 Å². The van der Waals surface area contributed by atoms with Gasteiger partial charge in [-0.05, 0) is 148 Å². The normalized spacial score (nSPS) is 12.2. The van der Waals surface area contributed by atoms with Crippen molar-refractivity contribution in [3.8, 4) is 0 Å². The van der Waals surface area contributed by atoms with Gasteiger partial charge in [0.15, 0.2) is 12.6 Å². The average Bonchev–Trinajstić information content (AvgIpc) is 3.31. The van der Waals surface area contributed by atoms with Crippen LogP contribution in [-0.2, 0) is 38.0 Å². The first-order chi connectivity index (χ1) is 32.0. The summed E-state index contributed by atoms with van der Waals surface area (Å²) in [5.41, 5.74) is 0. The van der Waals surface area contributed by atoms with Gasteiger partial charge >= 0.3 is 11.9 Å². The van der Waals surface area contributed by atoms with Crippen LogP contribution in [0.5, 0.6) is 0 Å². The van der Waals surface area contributed by atoms with Crippen LogP contribution >= 0.6 is 0 Å². The average molecular weight is 920 g/mol. The molecular formula is C55H101NO9. The van der Waals surface area contributed by atoms with Gasteiger partial charge in [0.05, 0.1) is 26.1 Å². The molecule has 1 N–H and O–H groups in total. The summed E-state index contributed by atoms with van der Waals surface area (Å²) in [4.78, 5) is 27.6. The molecule has 0 aromatic heterocycles. The second-order valence-electron chi connectivity index (χ2n) is 17.1. The monoisotopic (exact) mass is 920 g/mol. The molecule has 0 aliphatic heterocycles. The Balaban J connectivity index is 4.32. The van der Waals surface area contributed by atoms with Gasteiger partial charge in [0.1, 0.15) is 0 Å². The van der Waals surface area contributed by atoms with Crippen molar-refractivity contribution in [1.82, 2.24) is 4.90 Å². The maximum absolute atomic E-state index is 12.6. The fourth-order valence-corrected chi connectivity index (χ4v) is 7.08. The molecule has 65 heavy (non-hydrogen) atoms. The third kappa shape index (κ3) is 47.9. The molecule has 0 rings (SSSR count). The molecule has 0 saturated heterocycles. The maximum Gasteiger partial charge on any atom is 0.305 e. The van der Waals surface area contributed by atoms with Crippen LogP contribution in [0.1, 0.15) is 214 Å². The number of carbonyl (C=O) groups excluding carboxylic acids is 2. The van der Waals surface area contributed by atoms with Gasteiger partial charge in [0.2, 0.25) is 0 Å². The largest absolute Gasteiger partial charge is 0.466 e. The molecule has 0 aromatic rings. The highest BCUT2D eigenvalue weighted by Crippen LogP contribution is 2.13. The zero-order chi connectivity index (χ0) is 47.4. The zero-order valence-electron chi connectivity index (χ0n) is 42.5. The van der Waals surface area contributed by atoms with Crippen molar-refractivity contribution < 1.29 is 43.1 Å². The third-order valence-corrected chi connectivity index (χ3v) is 10.9. The predicted octanol–water partition coefficient (Wildman–Crippen LogP) is 13.7. The van der Waals surface area contributed by atoms with Crippen molar-refractivity contribution in [2.75, 3.05) is 65.9 Å². The molecule has 0 unspecified atom stereocenters. The van der Waals surface area contributed by atoms with Gasteiger partial charge in [-0.15, -0.1) is 0 Å². The highest BCUT2D eigenvalue weighted by Gasteiger charge is 2.15. The molecule has 0 aliphatic carbocycles. The van der Waals surface area contributed by atoms with Gasteiger partial charge in [0.25, 0.3) is 0 Å². The van der Waals surface area contributed by atoms with E-state index < -0.39 is 0 Å². The third-order valence-electron chi connectivity index (χ3n) is 10.9. The van der Waals surface area contributed by atoms with E-state index in [1.54, 1.807) is 0 Å². The van der Waals surface area contributed by atoms with E-state index in [4.69, 9.17) is 28.4 Å². The molecule has 0 radical (unpaired) electrons. The summed E-state index contributed by atoms with van der Waals surface area (Å²) >= 11 is 0. The van der Waals surface area contributed by atoms with Crippen molar-refractivity contribution in [1.29, 1.82) is 0 Å². The van der Waals surface area contributed by atoms with Crippen molar-refractivity contribution >= 4 is 11.9 Å². The first kappa shape index (κ1) is 62.7. The molecule has 0 fully saturated rings. The van der Waals surface area contributed by atoms with Gasteiger partial charge < -0.3 is 38.4 Å².